The van der Waals surface area contributed by atoms with Crippen molar-refractivity contribution < 1.29 is 33.7 Å². The molecule has 0 amide bonds. The van der Waals surface area contributed by atoms with Crippen LogP contribution in [-0.4, -0.2) is 49.4 Å². The van der Waals surface area contributed by atoms with Gasteiger partial charge in [0.2, 0.25) is 0 Å². The standard InChI is InChI=1S/C11H16O7/c1-3-10(14)17-4-8(2)5-18-11(15)7-16-6-9(12)13/h3,8H,1,4-7H2,2H3,(H,12,13). The van der Waals surface area contributed by atoms with Gasteiger partial charge < -0.3 is 19.3 Å². The van der Waals surface area contributed by atoms with Gasteiger partial charge in [0, 0.05) is 12.0 Å². The van der Waals surface area contributed by atoms with Gasteiger partial charge in [-0.2, -0.15) is 0 Å². The normalized spacial score (nSPS) is 11.4. The van der Waals surface area contributed by atoms with E-state index in [2.05, 4.69) is 11.3 Å². The van der Waals surface area contributed by atoms with E-state index >= 15 is 0 Å². The molecule has 7 nitrogen and oxygen atoms in total. The minimum Gasteiger partial charge on any atom is -0.480 e. The Labute approximate surface area is 104 Å². The first-order valence-electron chi connectivity index (χ1n) is 5.20. The summed E-state index contributed by atoms with van der Waals surface area (Å²) in [4.78, 5) is 31.9. The first kappa shape index (κ1) is 16.1. The van der Waals surface area contributed by atoms with E-state index in [-0.39, 0.29) is 19.1 Å². The fourth-order valence-corrected chi connectivity index (χ4v) is 0.830. The topological polar surface area (TPSA) is 99.1 Å². The summed E-state index contributed by atoms with van der Waals surface area (Å²) in [5.74, 6) is -2.54. The average molecular weight is 260 g/mol. The average Bonchev–Trinajstić information content (AvgIpc) is 2.32. The molecule has 18 heavy (non-hydrogen) atoms. The van der Waals surface area contributed by atoms with Crippen LogP contribution in [0, 0.1) is 5.92 Å². The van der Waals surface area contributed by atoms with Gasteiger partial charge in [-0.05, 0) is 0 Å². The van der Waals surface area contributed by atoms with Crippen LogP contribution in [0.1, 0.15) is 6.92 Å². The number of carbonyl (C=O) groups is 3. The lowest BCUT2D eigenvalue weighted by Gasteiger charge is -2.11. The van der Waals surface area contributed by atoms with Crippen LogP contribution in [0.5, 0.6) is 0 Å². The maximum absolute atomic E-state index is 11.1. The summed E-state index contributed by atoms with van der Waals surface area (Å²) < 4.78 is 14.1. The monoisotopic (exact) mass is 260 g/mol. The summed E-state index contributed by atoms with van der Waals surface area (Å²) in [5.41, 5.74) is 0. The van der Waals surface area contributed by atoms with Crippen molar-refractivity contribution in [3.8, 4) is 0 Å². The molecule has 0 saturated heterocycles. The Hall–Kier alpha value is -1.89. The second kappa shape index (κ2) is 9.17. The van der Waals surface area contributed by atoms with Crippen molar-refractivity contribution in [1.82, 2.24) is 0 Å². The number of carboxylic acids is 1. The molecule has 0 aliphatic carbocycles. The molecular weight excluding hydrogens is 244 g/mol. The van der Waals surface area contributed by atoms with Crippen molar-refractivity contribution in [3.05, 3.63) is 12.7 Å². The predicted octanol–water partition coefficient (Wildman–Crippen LogP) is -0.00390. The fraction of sp³-hybridized carbons (Fsp3) is 0.545. The number of esters is 2. The Morgan fingerprint density at radius 2 is 1.83 bits per heavy atom. The lowest BCUT2D eigenvalue weighted by molar-refractivity contribution is -0.154. The van der Waals surface area contributed by atoms with E-state index in [0.717, 1.165) is 6.08 Å². The zero-order valence-electron chi connectivity index (χ0n) is 10.1. The zero-order valence-corrected chi connectivity index (χ0v) is 10.1. The maximum atomic E-state index is 11.1. The van der Waals surface area contributed by atoms with Crippen LogP contribution in [0.4, 0.5) is 0 Å². The predicted molar refractivity (Wildman–Crippen MR) is 59.7 cm³/mol. The lowest BCUT2D eigenvalue weighted by Crippen LogP contribution is -2.21. The fourth-order valence-electron chi connectivity index (χ4n) is 0.830. The Kier molecular flexibility index (Phi) is 8.21. The quantitative estimate of drug-likeness (QED) is 0.460. The molecule has 0 aromatic heterocycles. The van der Waals surface area contributed by atoms with Crippen LogP contribution in [0.25, 0.3) is 0 Å². The Bertz CT molecular complexity index is 311. The number of hydrogen-bond donors (Lipinski definition) is 1. The van der Waals surface area contributed by atoms with E-state index < -0.39 is 31.1 Å². The number of carboxylic acid groups (broad SMARTS) is 1. The molecule has 0 heterocycles. The molecule has 0 bridgehead atoms. The highest BCUT2D eigenvalue weighted by Gasteiger charge is 2.10. The number of carbonyl (C=O) groups excluding carboxylic acids is 2. The smallest absolute Gasteiger partial charge is 0.332 e. The van der Waals surface area contributed by atoms with Gasteiger partial charge in [0.25, 0.3) is 0 Å². The minimum atomic E-state index is -1.16. The van der Waals surface area contributed by atoms with Crippen LogP contribution in [-0.2, 0) is 28.6 Å². The van der Waals surface area contributed by atoms with Crippen molar-refractivity contribution in [2.45, 2.75) is 6.92 Å². The number of aliphatic carboxylic acids is 1. The molecule has 0 radical (unpaired) electrons. The molecule has 1 N–H and O–H groups in total. The van der Waals surface area contributed by atoms with Crippen molar-refractivity contribution >= 4 is 17.9 Å². The molecule has 7 heteroatoms. The van der Waals surface area contributed by atoms with Gasteiger partial charge in [0.05, 0.1) is 13.2 Å². The second-order valence-electron chi connectivity index (χ2n) is 3.51. The molecule has 0 saturated carbocycles. The van der Waals surface area contributed by atoms with E-state index in [9.17, 15) is 14.4 Å². The molecule has 102 valence electrons. The SMILES string of the molecule is C=CC(=O)OCC(C)COC(=O)COCC(=O)O. The number of ether oxygens (including phenoxy) is 3. The zero-order chi connectivity index (χ0) is 14.0. The van der Waals surface area contributed by atoms with Crippen molar-refractivity contribution in [2.24, 2.45) is 5.92 Å². The van der Waals surface area contributed by atoms with Gasteiger partial charge >= 0.3 is 17.9 Å². The summed E-state index contributed by atoms with van der Waals surface area (Å²) in [6.07, 6.45) is 1.04. The van der Waals surface area contributed by atoms with E-state index in [1.165, 1.54) is 0 Å². The van der Waals surface area contributed by atoms with Gasteiger partial charge in [-0.25, -0.2) is 14.4 Å². The van der Waals surface area contributed by atoms with Gasteiger partial charge in [0.1, 0.15) is 13.2 Å². The molecule has 0 fully saturated rings. The molecule has 0 spiro atoms. The molecule has 1 unspecified atom stereocenters. The molecule has 0 aliphatic heterocycles. The summed E-state index contributed by atoms with van der Waals surface area (Å²) >= 11 is 0. The largest absolute Gasteiger partial charge is 0.480 e. The van der Waals surface area contributed by atoms with Crippen LogP contribution in [0.15, 0.2) is 12.7 Å². The first-order valence-corrected chi connectivity index (χ1v) is 5.20. The van der Waals surface area contributed by atoms with E-state index in [0.29, 0.717) is 0 Å². The Balaban J connectivity index is 3.61. The van der Waals surface area contributed by atoms with Gasteiger partial charge in [-0.1, -0.05) is 13.5 Å². The van der Waals surface area contributed by atoms with Crippen molar-refractivity contribution in [1.29, 1.82) is 0 Å². The third-order valence-electron chi connectivity index (χ3n) is 1.65. The molecular formula is C11H16O7. The Morgan fingerprint density at radius 3 is 2.39 bits per heavy atom. The molecule has 0 aliphatic rings. The molecule has 0 aromatic rings. The molecule has 1 atom stereocenters. The van der Waals surface area contributed by atoms with Crippen LogP contribution in [0.3, 0.4) is 0 Å². The highest BCUT2D eigenvalue weighted by molar-refractivity contribution is 5.81. The van der Waals surface area contributed by atoms with Gasteiger partial charge in [-0.3, -0.25) is 0 Å². The van der Waals surface area contributed by atoms with E-state index in [4.69, 9.17) is 14.6 Å². The highest BCUT2D eigenvalue weighted by atomic mass is 16.6. The van der Waals surface area contributed by atoms with E-state index in [1.54, 1.807) is 6.92 Å². The third kappa shape index (κ3) is 9.34. The highest BCUT2D eigenvalue weighted by Crippen LogP contribution is 1.98. The summed E-state index contributed by atoms with van der Waals surface area (Å²) in [6, 6.07) is 0. The van der Waals surface area contributed by atoms with E-state index in [1.807, 2.05) is 0 Å². The van der Waals surface area contributed by atoms with Gasteiger partial charge in [-0.15, -0.1) is 0 Å². The summed E-state index contributed by atoms with van der Waals surface area (Å²) in [7, 11) is 0. The second-order valence-corrected chi connectivity index (χ2v) is 3.51. The summed E-state index contributed by atoms with van der Waals surface area (Å²) in [6.45, 7) is 4.14. The molecule has 0 aromatic carbocycles. The van der Waals surface area contributed by atoms with Gasteiger partial charge in [0.15, 0.2) is 0 Å². The molecule has 0 rings (SSSR count). The summed E-state index contributed by atoms with van der Waals surface area (Å²) in [5, 5.41) is 8.26. The Morgan fingerprint density at radius 1 is 1.22 bits per heavy atom. The van der Waals surface area contributed by atoms with Crippen LogP contribution < -0.4 is 0 Å². The minimum absolute atomic E-state index is 0.0552. The van der Waals surface area contributed by atoms with Crippen molar-refractivity contribution in [2.75, 3.05) is 26.4 Å². The van der Waals surface area contributed by atoms with Crippen LogP contribution in [0.2, 0.25) is 0 Å². The lowest BCUT2D eigenvalue weighted by atomic mass is 10.2. The number of rotatable bonds is 9. The third-order valence-corrected chi connectivity index (χ3v) is 1.65. The van der Waals surface area contributed by atoms with Crippen LogP contribution >= 0.6 is 0 Å². The van der Waals surface area contributed by atoms with Crippen molar-refractivity contribution in [3.63, 3.8) is 0 Å². The first-order chi connectivity index (χ1) is 8.45. The number of hydrogen-bond acceptors (Lipinski definition) is 6. The maximum Gasteiger partial charge on any atom is 0.332 e.